The van der Waals surface area contributed by atoms with E-state index in [4.69, 9.17) is 0 Å². The van der Waals surface area contributed by atoms with Gasteiger partial charge < -0.3 is 29.7 Å². The van der Waals surface area contributed by atoms with Crippen LogP contribution in [0.1, 0.15) is 119 Å². The van der Waals surface area contributed by atoms with Crippen LogP contribution in [-0.4, -0.2) is 37.7 Å². The maximum atomic E-state index is 10.7. The number of carbonyl (C=O) groups is 3. The van der Waals surface area contributed by atoms with Gasteiger partial charge >= 0.3 is 19.8 Å². The molecule has 0 aromatic carbocycles. The van der Waals surface area contributed by atoms with E-state index in [1.807, 2.05) is 41.5 Å². The molecule has 7 heteroatoms. The molecular weight excluding hydrogens is 490 g/mol. The molecule has 0 saturated heterocycles. The first-order valence-electron chi connectivity index (χ1n) is 12.7. The van der Waals surface area contributed by atoms with Crippen LogP contribution >= 0.6 is 0 Å². The molecule has 3 saturated carbocycles. The molecule has 6 nitrogen and oxygen atoms in total. The smallest absolute Gasteiger partial charge is 0.550 e. The summed E-state index contributed by atoms with van der Waals surface area (Å²) in [7, 11) is 0. The van der Waals surface area contributed by atoms with Crippen molar-refractivity contribution in [1.29, 1.82) is 0 Å². The summed E-state index contributed by atoms with van der Waals surface area (Å²) >= 11 is 0. The van der Waals surface area contributed by atoms with E-state index >= 15 is 0 Å². The number of carbonyl (C=O) groups excluding carboxylic acids is 3. The molecule has 3 unspecified atom stereocenters. The van der Waals surface area contributed by atoms with Crippen molar-refractivity contribution >= 4 is 37.7 Å². The quantitative estimate of drug-likeness (QED) is 0.513. The fourth-order valence-corrected chi connectivity index (χ4v) is 5.79. The van der Waals surface area contributed by atoms with Crippen molar-refractivity contribution in [1.82, 2.24) is 0 Å². The van der Waals surface area contributed by atoms with E-state index in [-0.39, 0.29) is 53.8 Å². The minimum absolute atomic E-state index is 0. The minimum atomic E-state index is -0.866. The van der Waals surface area contributed by atoms with E-state index in [2.05, 4.69) is 0 Å². The maximum Gasteiger partial charge on any atom is 3.00 e. The van der Waals surface area contributed by atoms with E-state index in [1.54, 1.807) is 0 Å². The standard InChI is InChI=1S/3C9H16O2.Ga/c3*1-9(2)6-4-3-5-7(9)8(10)11;/h3*7H,3-6H2,1-2H3,(H,10,11);/q;;;+3/p-3. The van der Waals surface area contributed by atoms with Crippen molar-refractivity contribution in [2.45, 2.75) is 119 Å². The molecule has 34 heavy (non-hydrogen) atoms. The van der Waals surface area contributed by atoms with Crippen LogP contribution < -0.4 is 15.3 Å². The fraction of sp³-hybridized carbons (Fsp3) is 0.889. The molecule has 3 aliphatic rings. The number of aliphatic carboxylic acids is 3. The van der Waals surface area contributed by atoms with Gasteiger partial charge in [-0.25, -0.2) is 0 Å². The summed E-state index contributed by atoms with van der Waals surface area (Å²) in [5.74, 6) is -3.28. The van der Waals surface area contributed by atoms with Gasteiger partial charge in [0.2, 0.25) is 0 Å². The Hall–Kier alpha value is -0.954. The molecule has 3 fully saturated rings. The zero-order chi connectivity index (χ0) is 25.4. The van der Waals surface area contributed by atoms with E-state index in [0.717, 1.165) is 77.0 Å². The van der Waals surface area contributed by atoms with Crippen LogP contribution in [-0.2, 0) is 14.4 Å². The molecule has 192 valence electrons. The summed E-state index contributed by atoms with van der Waals surface area (Å²) in [6.45, 7) is 12.1. The van der Waals surface area contributed by atoms with Gasteiger partial charge in [-0.3, -0.25) is 0 Å². The van der Waals surface area contributed by atoms with Gasteiger partial charge in [0, 0.05) is 35.7 Å². The van der Waals surface area contributed by atoms with Crippen LogP contribution in [0.3, 0.4) is 0 Å². The molecule has 0 aromatic rings. The Bertz CT molecular complexity index is 580. The van der Waals surface area contributed by atoms with Crippen molar-refractivity contribution in [2.24, 2.45) is 34.0 Å². The van der Waals surface area contributed by atoms with Crippen molar-refractivity contribution in [3.8, 4) is 0 Å². The second-order valence-electron chi connectivity index (χ2n) is 12.3. The predicted molar refractivity (Wildman–Crippen MR) is 128 cm³/mol. The molecule has 0 aliphatic heterocycles. The van der Waals surface area contributed by atoms with Crippen LogP contribution in [0.4, 0.5) is 0 Å². The molecule has 0 spiro atoms. The summed E-state index contributed by atoms with van der Waals surface area (Å²) in [6, 6.07) is 0. The van der Waals surface area contributed by atoms with E-state index in [1.165, 1.54) is 0 Å². The van der Waals surface area contributed by atoms with Gasteiger partial charge in [-0.1, -0.05) is 80.1 Å². The van der Waals surface area contributed by atoms with E-state index < -0.39 is 17.9 Å². The first kappa shape index (κ1) is 33.0. The van der Waals surface area contributed by atoms with Crippen molar-refractivity contribution < 1.29 is 29.7 Å². The fourth-order valence-electron chi connectivity index (χ4n) is 5.79. The van der Waals surface area contributed by atoms with Crippen molar-refractivity contribution in [3.05, 3.63) is 0 Å². The summed E-state index contributed by atoms with van der Waals surface area (Å²) in [6.07, 6.45) is 12.1. The molecule has 0 bridgehead atoms. The molecule has 3 rings (SSSR count). The Morgan fingerprint density at radius 2 is 0.706 bits per heavy atom. The predicted octanol–water partition coefficient (Wildman–Crippen LogP) is 2.48. The number of hydrogen-bond acceptors (Lipinski definition) is 6. The van der Waals surface area contributed by atoms with Crippen LogP contribution in [0.15, 0.2) is 0 Å². The SMILES string of the molecule is CC1(C)CCCCC1C(=O)[O-].CC1(C)CCCCC1C(=O)[O-].CC1(C)CCCCC1C(=O)[O-].[Ga+3]. The first-order chi connectivity index (χ1) is 15.1. The van der Waals surface area contributed by atoms with Crippen LogP contribution in [0, 0.1) is 34.0 Å². The van der Waals surface area contributed by atoms with Gasteiger partial charge in [-0.05, 0) is 54.8 Å². The Labute approximate surface area is 219 Å². The molecule has 0 radical (unpaired) electrons. The van der Waals surface area contributed by atoms with Gasteiger partial charge in [-0.15, -0.1) is 0 Å². The van der Waals surface area contributed by atoms with Crippen LogP contribution in [0.5, 0.6) is 0 Å². The minimum Gasteiger partial charge on any atom is -0.550 e. The van der Waals surface area contributed by atoms with E-state index in [0.29, 0.717) is 0 Å². The molecule has 3 atom stereocenters. The average molecular weight is 535 g/mol. The van der Waals surface area contributed by atoms with Gasteiger partial charge in [0.1, 0.15) is 0 Å². The van der Waals surface area contributed by atoms with Crippen LogP contribution in [0.25, 0.3) is 0 Å². The summed E-state index contributed by atoms with van der Waals surface area (Å²) in [5.41, 5.74) is -0.134. The molecule has 0 aromatic heterocycles. The first-order valence-corrected chi connectivity index (χ1v) is 12.7. The van der Waals surface area contributed by atoms with Crippen molar-refractivity contribution in [2.75, 3.05) is 0 Å². The monoisotopic (exact) mass is 534 g/mol. The molecule has 0 N–H and O–H groups in total. The molecular formula is C27H45GaO6. The molecule has 0 amide bonds. The Morgan fingerprint density at radius 3 is 0.824 bits per heavy atom. The topological polar surface area (TPSA) is 120 Å². The van der Waals surface area contributed by atoms with Crippen molar-refractivity contribution in [3.63, 3.8) is 0 Å². The maximum absolute atomic E-state index is 10.7. The van der Waals surface area contributed by atoms with Gasteiger partial charge in [-0.2, -0.15) is 0 Å². The largest absolute Gasteiger partial charge is 3.00 e. The number of carboxylic acids is 3. The van der Waals surface area contributed by atoms with Gasteiger partial charge in [0.05, 0.1) is 0 Å². The van der Waals surface area contributed by atoms with Crippen LogP contribution in [0.2, 0.25) is 0 Å². The third-order valence-electron chi connectivity index (χ3n) is 8.38. The number of rotatable bonds is 3. The Balaban J connectivity index is 0.000000473. The summed E-state index contributed by atoms with van der Waals surface area (Å²) < 4.78 is 0. The third kappa shape index (κ3) is 9.96. The second kappa shape index (κ2) is 14.0. The summed E-state index contributed by atoms with van der Waals surface area (Å²) in [4.78, 5) is 32.0. The Morgan fingerprint density at radius 1 is 0.500 bits per heavy atom. The van der Waals surface area contributed by atoms with E-state index in [9.17, 15) is 29.7 Å². The zero-order valence-electron chi connectivity index (χ0n) is 22.2. The molecule has 0 heterocycles. The number of hydrogen-bond donors (Lipinski definition) is 0. The van der Waals surface area contributed by atoms with Gasteiger partial charge in [0.25, 0.3) is 0 Å². The number of carboxylic acid groups (broad SMARTS) is 3. The van der Waals surface area contributed by atoms with Gasteiger partial charge in [0.15, 0.2) is 0 Å². The zero-order valence-corrected chi connectivity index (χ0v) is 24.7. The third-order valence-corrected chi connectivity index (χ3v) is 8.38. The Kier molecular flexibility index (Phi) is 13.6. The normalized spacial score (nSPS) is 28.9. The summed E-state index contributed by atoms with van der Waals surface area (Å²) in [5, 5.41) is 32.0. The second-order valence-corrected chi connectivity index (χ2v) is 12.3. The molecule has 3 aliphatic carbocycles. The average Bonchev–Trinajstić information content (AvgIpc) is 2.67.